The summed E-state index contributed by atoms with van der Waals surface area (Å²) < 4.78 is 0. The van der Waals surface area contributed by atoms with Gasteiger partial charge < -0.3 is 4.90 Å². The molecule has 1 aliphatic heterocycles. The van der Waals surface area contributed by atoms with Gasteiger partial charge >= 0.3 is 0 Å². The van der Waals surface area contributed by atoms with E-state index in [-0.39, 0.29) is 5.91 Å². The van der Waals surface area contributed by atoms with E-state index in [1.165, 1.54) is 0 Å². The molecule has 1 fully saturated rings. The van der Waals surface area contributed by atoms with Crippen molar-refractivity contribution in [3.05, 3.63) is 64.9 Å². The number of rotatable bonds is 3. The van der Waals surface area contributed by atoms with Crippen LogP contribution in [0.2, 0.25) is 5.02 Å². The zero-order valence-corrected chi connectivity index (χ0v) is 13.0. The second-order valence-corrected chi connectivity index (χ2v) is 5.84. The van der Waals surface area contributed by atoms with E-state index < -0.39 is 0 Å². The van der Waals surface area contributed by atoms with Crippen molar-refractivity contribution in [2.24, 2.45) is 0 Å². The Balaban J connectivity index is 1.56. The summed E-state index contributed by atoms with van der Waals surface area (Å²) >= 11 is 5.96. The lowest BCUT2D eigenvalue weighted by Gasteiger charge is -2.34. The van der Waals surface area contributed by atoms with Crippen LogP contribution in [0.25, 0.3) is 0 Å². The first-order valence-corrected chi connectivity index (χ1v) is 7.77. The number of pyridine rings is 1. The summed E-state index contributed by atoms with van der Waals surface area (Å²) in [4.78, 5) is 21.0. The average molecular weight is 316 g/mol. The monoisotopic (exact) mass is 315 g/mol. The maximum absolute atomic E-state index is 12.5. The number of carbonyl (C=O) groups is 1. The molecule has 4 nitrogen and oxygen atoms in total. The zero-order valence-electron chi connectivity index (χ0n) is 12.3. The van der Waals surface area contributed by atoms with Crippen LogP contribution in [-0.4, -0.2) is 46.9 Å². The fourth-order valence-corrected chi connectivity index (χ4v) is 2.82. The van der Waals surface area contributed by atoms with Crippen molar-refractivity contribution >= 4 is 17.5 Å². The molecule has 0 radical (unpaired) electrons. The van der Waals surface area contributed by atoms with Gasteiger partial charge in [0.25, 0.3) is 5.91 Å². The SMILES string of the molecule is O=C(c1cccc(Cl)c1)N1CCN(Cc2ccccn2)CC1. The van der Waals surface area contributed by atoms with Gasteiger partial charge in [0.1, 0.15) is 0 Å². The third-order valence-electron chi connectivity index (χ3n) is 3.84. The predicted molar refractivity (Wildman–Crippen MR) is 86.9 cm³/mol. The Morgan fingerprint density at radius 1 is 1.09 bits per heavy atom. The Morgan fingerprint density at radius 3 is 2.59 bits per heavy atom. The first kappa shape index (κ1) is 15.0. The molecule has 0 spiro atoms. The van der Waals surface area contributed by atoms with Crippen molar-refractivity contribution in [1.82, 2.24) is 14.8 Å². The summed E-state index contributed by atoms with van der Waals surface area (Å²) in [6.07, 6.45) is 1.81. The van der Waals surface area contributed by atoms with Crippen molar-refractivity contribution in [2.75, 3.05) is 26.2 Å². The molecule has 2 aromatic rings. The Hall–Kier alpha value is -1.91. The van der Waals surface area contributed by atoms with Crippen molar-refractivity contribution in [1.29, 1.82) is 0 Å². The van der Waals surface area contributed by atoms with Gasteiger partial charge in [-0.05, 0) is 30.3 Å². The first-order chi connectivity index (χ1) is 10.7. The molecule has 1 saturated heterocycles. The number of benzene rings is 1. The van der Waals surface area contributed by atoms with Crippen molar-refractivity contribution in [3.63, 3.8) is 0 Å². The van der Waals surface area contributed by atoms with Gasteiger partial charge in [0, 0.05) is 49.5 Å². The van der Waals surface area contributed by atoms with Crippen molar-refractivity contribution in [3.8, 4) is 0 Å². The molecule has 0 N–H and O–H groups in total. The number of halogens is 1. The minimum Gasteiger partial charge on any atom is -0.336 e. The summed E-state index contributed by atoms with van der Waals surface area (Å²) in [5.74, 6) is 0.0555. The number of hydrogen-bond donors (Lipinski definition) is 0. The van der Waals surface area contributed by atoms with Gasteiger partial charge in [0.15, 0.2) is 0 Å². The topological polar surface area (TPSA) is 36.4 Å². The number of hydrogen-bond acceptors (Lipinski definition) is 3. The molecular formula is C17H18ClN3O. The standard InChI is InChI=1S/C17H18ClN3O/c18-15-5-3-4-14(12-15)17(22)21-10-8-20(9-11-21)13-16-6-1-2-7-19-16/h1-7,12H,8-11,13H2. The summed E-state index contributed by atoms with van der Waals surface area (Å²) in [6, 6.07) is 13.1. The lowest BCUT2D eigenvalue weighted by atomic mass is 10.2. The predicted octanol–water partition coefficient (Wildman–Crippen LogP) is 2.69. The molecule has 1 aromatic carbocycles. The highest BCUT2D eigenvalue weighted by Crippen LogP contribution is 2.14. The zero-order chi connectivity index (χ0) is 15.4. The lowest BCUT2D eigenvalue weighted by molar-refractivity contribution is 0.0627. The molecule has 0 saturated carbocycles. The Bertz CT molecular complexity index is 639. The van der Waals surface area contributed by atoms with E-state index in [4.69, 9.17) is 11.6 Å². The van der Waals surface area contributed by atoms with E-state index in [0.717, 1.165) is 38.4 Å². The first-order valence-electron chi connectivity index (χ1n) is 7.39. The minimum absolute atomic E-state index is 0.0555. The number of aromatic nitrogens is 1. The molecule has 2 heterocycles. The molecule has 0 bridgehead atoms. The van der Waals surface area contributed by atoms with E-state index in [9.17, 15) is 4.79 Å². The summed E-state index contributed by atoms with van der Waals surface area (Å²) in [6.45, 7) is 4.03. The molecule has 0 aliphatic carbocycles. The minimum atomic E-state index is 0.0555. The highest BCUT2D eigenvalue weighted by Gasteiger charge is 2.22. The van der Waals surface area contributed by atoms with Gasteiger partial charge in [-0.2, -0.15) is 0 Å². The van der Waals surface area contributed by atoms with Crippen LogP contribution in [0.3, 0.4) is 0 Å². The molecule has 5 heteroatoms. The van der Waals surface area contributed by atoms with Crippen LogP contribution in [0.4, 0.5) is 0 Å². The second-order valence-electron chi connectivity index (χ2n) is 5.40. The molecule has 0 unspecified atom stereocenters. The number of carbonyl (C=O) groups excluding carboxylic acids is 1. The summed E-state index contributed by atoms with van der Waals surface area (Å²) in [7, 11) is 0. The highest BCUT2D eigenvalue weighted by atomic mass is 35.5. The molecule has 0 atom stereocenters. The van der Waals surface area contributed by atoms with Gasteiger partial charge in [0.2, 0.25) is 0 Å². The molecule has 1 amide bonds. The van der Waals surface area contributed by atoms with E-state index in [2.05, 4.69) is 9.88 Å². The normalized spacial score (nSPS) is 15.8. The maximum atomic E-state index is 12.5. The van der Waals surface area contributed by atoms with Gasteiger partial charge in [-0.3, -0.25) is 14.7 Å². The lowest BCUT2D eigenvalue weighted by Crippen LogP contribution is -2.48. The van der Waals surface area contributed by atoms with Gasteiger partial charge in [-0.25, -0.2) is 0 Å². The Morgan fingerprint density at radius 2 is 1.91 bits per heavy atom. The molecule has 1 aliphatic rings. The number of amides is 1. The quantitative estimate of drug-likeness (QED) is 0.874. The average Bonchev–Trinajstić information content (AvgIpc) is 2.56. The van der Waals surface area contributed by atoms with Crippen molar-refractivity contribution in [2.45, 2.75) is 6.54 Å². The molecular weight excluding hydrogens is 298 g/mol. The third kappa shape index (κ3) is 3.64. The van der Waals surface area contributed by atoms with Crippen LogP contribution in [0, 0.1) is 0 Å². The van der Waals surface area contributed by atoms with E-state index in [0.29, 0.717) is 10.6 Å². The summed E-state index contributed by atoms with van der Waals surface area (Å²) in [5, 5.41) is 0.597. The fraction of sp³-hybridized carbons (Fsp3) is 0.294. The van der Waals surface area contributed by atoms with Crippen LogP contribution in [0.1, 0.15) is 16.1 Å². The Kier molecular flexibility index (Phi) is 4.71. The van der Waals surface area contributed by atoms with Crippen LogP contribution >= 0.6 is 11.6 Å². The van der Waals surface area contributed by atoms with Crippen LogP contribution < -0.4 is 0 Å². The maximum Gasteiger partial charge on any atom is 0.253 e. The van der Waals surface area contributed by atoms with E-state index in [1.807, 2.05) is 41.4 Å². The second kappa shape index (κ2) is 6.90. The van der Waals surface area contributed by atoms with Crippen LogP contribution in [0.15, 0.2) is 48.7 Å². The molecule has 22 heavy (non-hydrogen) atoms. The van der Waals surface area contributed by atoms with E-state index in [1.54, 1.807) is 12.1 Å². The number of nitrogens with zero attached hydrogens (tertiary/aromatic N) is 3. The Labute approximate surface area is 135 Å². The fourth-order valence-electron chi connectivity index (χ4n) is 2.63. The summed E-state index contributed by atoms with van der Waals surface area (Å²) in [5.41, 5.74) is 1.72. The van der Waals surface area contributed by atoms with Gasteiger partial charge in [-0.1, -0.05) is 23.7 Å². The van der Waals surface area contributed by atoms with E-state index >= 15 is 0 Å². The molecule has 1 aromatic heterocycles. The molecule has 3 rings (SSSR count). The van der Waals surface area contributed by atoms with Crippen LogP contribution in [0.5, 0.6) is 0 Å². The highest BCUT2D eigenvalue weighted by molar-refractivity contribution is 6.30. The smallest absolute Gasteiger partial charge is 0.253 e. The largest absolute Gasteiger partial charge is 0.336 e. The van der Waals surface area contributed by atoms with Crippen LogP contribution in [-0.2, 0) is 6.54 Å². The van der Waals surface area contributed by atoms with Crippen molar-refractivity contribution < 1.29 is 4.79 Å². The third-order valence-corrected chi connectivity index (χ3v) is 4.08. The van der Waals surface area contributed by atoms with Gasteiger partial charge in [-0.15, -0.1) is 0 Å². The molecule has 114 valence electrons. The number of piperazine rings is 1. The van der Waals surface area contributed by atoms with Gasteiger partial charge in [0.05, 0.1) is 5.69 Å².